The van der Waals surface area contributed by atoms with Gasteiger partial charge in [0, 0.05) is 43.6 Å². The summed E-state index contributed by atoms with van der Waals surface area (Å²) < 4.78 is 2.39. The second-order valence-corrected chi connectivity index (χ2v) is 9.34. The number of aromatic nitrogens is 6. The van der Waals surface area contributed by atoms with Gasteiger partial charge in [-0.3, -0.25) is 14.9 Å². The van der Waals surface area contributed by atoms with Gasteiger partial charge in [-0.1, -0.05) is 6.07 Å². The third-order valence-electron chi connectivity index (χ3n) is 6.99. The lowest BCUT2D eigenvalue weighted by Crippen LogP contribution is -2.34. The number of nitrogens with two attached hydrogens (primary N) is 1. The summed E-state index contributed by atoms with van der Waals surface area (Å²) in [7, 11) is 0. The largest absolute Gasteiger partial charge is 0.383 e. The highest BCUT2D eigenvalue weighted by atomic mass is 15.2. The van der Waals surface area contributed by atoms with Gasteiger partial charge in [0.2, 0.25) is 0 Å². The van der Waals surface area contributed by atoms with Crippen LogP contribution < -0.4 is 5.73 Å². The molecule has 8 heteroatoms. The number of nitrogen functional groups attached to an aromatic ring is 1. The maximum Gasteiger partial charge on any atom is 0.126 e. The van der Waals surface area contributed by atoms with Crippen molar-refractivity contribution in [1.29, 1.82) is 0 Å². The van der Waals surface area contributed by atoms with E-state index in [2.05, 4.69) is 43.5 Å². The van der Waals surface area contributed by atoms with Gasteiger partial charge in [0.1, 0.15) is 22.7 Å². The van der Waals surface area contributed by atoms with Crippen LogP contribution in [-0.2, 0) is 6.54 Å². The average molecular weight is 465 g/mol. The van der Waals surface area contributed by atoms with Crippen molar-refractivity contribution in [3.63, 3.8) is 0 Å². The van der Waals surface area contributed by atoms with Crippen LogP contribution in [0.3, 0.4) is 0 Å². The van der Waals surface area contributed by atoms with Crippen LogP contribution in [-0.4, -0.2) is 47.5 Å². The predicted octanol–water partition coefficient (Wildman–Crippen LogP) is 4.47. The van der Waals surface area contributed by atoms with Gasteiger partial charge in [-0.2, -0.15) is 0 Å². The molecule has 0 aliphatic carbocycles. The first-order valence-corrected chi connectivity index (χ1v) is 12.1. The van der Waals surface area contributed by atoms with E-state index in [1.165, 1.54) is 0 Å². The number of fused-ring (bicyclic) bond motifs is 3. The zero-order chi connectivity index (χ0) is 23.9. The Morgan fingerprint density at radius 1 is 0.943 bits per heavy atom. The van der Waals surface area contributed by atoms with Crippen molar-refractivity contribution in [3.05, 3.63) is 72.1 Å². The number of likely N-dealkylation sites (tertiary alicyclic amines) is 1. The van der Waals surface area contributed by atoms with Gasteiger partial charge in [-0.15, -0.1) is 0 Å². The molecule has 1 aliphatic heterocycles. The predicted molar refractivity (Wildman–Crippen MR) is 138 cm³/mol. The van der Waals surface area contributed by atoms with Crippen LogP contribution in [0.25, 0.3) is 33.3 Å². The van der Waals surface area contributed by atoms with E-state index in [-0.39, 0.29) is 0 Å². The summed E-state index contributed by atoms with van der Waals surface area (Å²) in [5.74, 6) is 1.55. The molecule has 1 aliphatic rings. The summed E-state index contributed by atoms with van der Waals surface area (Å²) in [6, 6.07) is 12.5. The summed E-state index contributed by atoms with van der Waals surface area (Å²) in [5.41, 5.74) is 13.5. The molecule has 0 bridgehead atoms. The number of rotatable bonds is 4. The topological polar surface area (TPSA) is 98.6 Å². The summed E-state index contributed by atoms with van der Waals surface area (Å²) in [4.78, 5) is 25.9. The molecule has 8 nitrogen and oxygen atoms in total. The molecule has 6 heterocycles. The Morgan fingerprint density at radius 3 is 2.57 bits per heavy atom. The molecule has 1 saturated heterocycles. The van der Waals surface area contributed by atoms with Crippen LogP contribution in [0.4, 0.5) is 5.82 Å². The van der Waals surface area contributed by atoms with E-state index >= 15 is 0 Å². The molecule has 0 amide bonds. The minimum Gasteiger partial charge on any atom is -0.383 e. The molecule has 0 radical (unpaired) electrons. The number of hydrogen-bond donors (Lipinski definition) is 1. The Bertz CT molecular complexity index is 1520. The van der Waals surface area contributed by atoms with E-state index in [0.717, 1.165) is 82.9 Å². The normalized spacial score (nSPS) is 15.3. The number of hydrogen-bond acceptors (Lipinski definition) is 7. The molecule has 5 aromatic heterocycles. The third-order valence-corrected chi connectivity index (χ3v) is 6.99. The maximum absolute atomic E-state index is 5.93. The molecule has 0 saturated carbocycles. The Hall–Kier alpha value is -3.91. The fourth-order valence-corrected chi connectivity index (χ4v) is 5.14. The van der Waals surface area contributed by atoms with E-state index < -0.39 is 0 Å². The fourth-order valence-electron chi connectivity index (χ4n) is 5.14. The van der Waals surface area contributed by atoms with Crippen LogP contribution in [0.5, 0.6) is 0 Å². The van der Waals surface area contributed by atoms with E-state index in [0.29, 0.717) is 11.9 Å². The van der Waals surface area contributed by atoms with Gasteiger partial charge in [0.25, 0.3) is 0 Å². The second-order valence-electron chi connectivity index (χ2n) is 9.34. The Labute approximate surface area is 203 Å². The Balaban J connectivity index is 1.36. The van der Waals surface area contributed by atoms with Crippen LogP contribution in [0.2, 0.25) is 0 Å². The van der Waals surface area contributed by atoms with E-state index in [4.69, 9.17) is 15.7 Å². The van der Waals surface area contributed by atoms with E-state index in [9.17, 15) is 0 Å². The molecular weight excluding hydrogens is 436 g/mol. The zero-order valence-electron chi connectivity index (χ0n) is 20.0. The summed E-state index contributed by atoms with van der Waals surface area (Å²) in [6.07, 6.45) is 7.64. The van der Waals surface area contributed by atoms with Crippen molar-refractivity contribution in [1.82, 2.24) is 34.4 Å². The van der Waals surface area contributed by atoms with Crippen molar-refractivity contribution >= 4 is 27.9 Å². The van der Waals surface area contributed by atoms with Crippen LogP contribution in [0, 0.1) is 13.8 Å². The summed E-state index contributed by atoms with van der Waals surface area (Å²) in [5, 5.41) is 0. The van der Waals surface area contributed by atoms with Gasteiger partial charge >= 0.3 is 0 Å². The summed E-state index contributed by atoms with van der Waals surface area (Å²) >= 11 is 0. The quantitative estimate of drug-likeness (QED) is 0.419. The molecule has 176 valence electrons. The van der Waals surface area contributed by atoms with Crippen LogP contribution in [0.1, 0.15) is 36.0 Å². The van der Waals surface area contributed by atoms with Gasteiger partial charge in [0.05, 0.1) is 28.6 Å². The molecule has 0 unspecified atom stereocenters. The van der Waals surface area contributed by atoms with Crippen molar-refractivity contribution in [2.45, 2.75) is 39.3 Å². The van der Waals surface area contributed by atoms with E-state index in [1.54, 1.807) is 6.20 Å². The SMILES string of the molecule is Cc1cc(-c2ccc3ncc4nc(C)n(C5CCN(Cc6ccccn6)CC5)c4c3n2)cnc1N. The summed E-state index contributed by atoms with van der Waals surface area (Å²) in [6.45, 7) is 7.00. The molecule has 6 rings (SSSR count). The number of imidazole rings is 1. The lowest BCUT2D eigenvalue weighted by atomic mass is 10.0. The lowest BCUT2D eigenvalue weighted by Gasteiger charge is -2.33. The van der Waals surface area contributed by atoms with Crippen molar-refractivity contribution in [3.8, 4) is 11.3 Å². The zero-order valence-corrected chi connectivity index (χ0v) is 20.0. The molecule has 1 fully saturated rings. The molecule has 5 aromatic rings. The Morgan fingerprint density at radius 2 is 1.80 bits per heavy atom. The highest BCUT2D eigenvalue weighted by Gasteiger charge is 2.25. The first-order valence-electron chi connectivity index (χ1n) is 12.1. The monoisotopic (exact) mass is 464 g/mol. The second kappa shape index (κ2) is 8.70. The molecule has 0 aromatic carbocycles. The lowest BCUT2D eigenvalue weighted by molar-refractivity contribution is 0.178. The number of pyridine rings is 4. The van der Waals surface area contributed by atoms with Crippen molar-refractivity contribution < 1.29 is 0 Å². The third kappa shape index (κ3) is 4.00. The first-order chi connectivity index (χ1) is 17.1. The van der Waals surface area contributed by atoms with E-state index in [1.807, 2.05) is 43.6 Å². The van der Waals surface area contributed by atoms with Gasteiger partial charge in [-0.05, 0) is 62.6 Å². The minimum atomic E-state index is 0.372. The Kier molecular flexibility index (Phi) is 5.37. The molecular formula is C27H28N8. The molecule has 0 atom stereocenters. The standard InChI is InChI=1S/C27H28N8/c1-17-13-19(14-31-27(17)28)22-6-7-23-25(33-22)26-24(15-30-23)32-18(2)35(26)21-8-11-34(12-9-21)16-20-5-3-4-10-29-20/h3-7,10,13-15,21H,8-9,11-12,16H2,1-2H3,(H2,28,31). The highest BCUT2D eigenvalue weighted by molar-refractivity contribution is 6.00. The van der Waals surface area contributed by atoms with Gasteiger partial charge in [0.15, 0.2) is 0 Å². The molecule has 2 N–H and O–H groups in total. The maximum atomic E-state index is 5.93. The fraction of sp³-hybridized carbons (Fsp3) is 0.296. The van der Waals surface area contributed by atoms with Crippen molar-refractivity contribution in [2.75, 3.05) is 18.8 Å². The molecule has 35 heavy (non-hydrogen) atoms. The smallest absolute Gasteiger partial charge is 0.126 e. The average Bonchev–Trinajstić information content (AvgIpc) is 3.23. The number of piperidine rings is 1. The van der Waals surface area contributed by atoms with Gasteiger partial charge in [-0.25, -0.2) is 15.0 Å². The highest BCUT2D eigenvalue weighted by Crippen LogP contribution is 2.33. The number of nitrogens with zero attached hydrogens (tertiary/aromatic N) is 7. The van der Waals surface area contributed by atoms with Crippen LogP contribution >= 0.6 is 0 Å². The van der Waals surface area contributed by atoms with Crippen molar-refractivity contribution in [2.24, 2.45) is 0 Å². The minimum absolute atomic E-state index is 0.372. The number of anilines is 1. The molecule has 0 spiro atoms. The number of aryl methyl sites for hydroxylation is 2. The van der Waals surface area contributed by atoms with Crippen LogP contribution in [0.15, 0.2) is 55.0 Å². The first kappa shape index (κ1) is 21.6. The van der Waals surface area contributed by atoms with Gasteiger partial charge < -0.3 is 10.3 Å².